The summed E-state index contributed by atoms with van der Waals surface area (Å²) >= 11 is 0. The smallest absolute Gasteiger partial charge is 0.0803 e. The van der Waals surface area contributed by atoms with Crippen LogP contribution in [0.25, 0.3) is 71.8 Å². The monoisotopic (exact) mass is 523 g/mol. The molecule has 4 aromatic heterocycles. The van der Waals surface area contributed by atoms with Crippen molar-refractivity contribution in [3.63, 3.8) is 0 Å². The maximum atomic E-state index is 2.45. The quantitative estimate of drug-likeness (QED) is 0.219. The number of para-hydroxylation sites is 3. The molecule has 0 bridgehead atoms. The summed E-state index contributed by atoms with van der Waals surface area (Å²) in [6.45, 7) is 0. The van der Waals surface area contributed by atoms with Crippen molar-refractivity contribution in [1.29, 1.82) is 0 Å². The summed E-state index contributed by atoms with van der Waals surface area (Å²) in [5.74, 6) is 0. The summed E-state index contributed by atoms with van der Waals surface area (Å²) in [7, 11) is 0. The van der Waals surface area contributed by atoms with E-state index in [2.05, 4.69) is 165 Å². The Hall–Kier alpha value is -5.54. The molecule has 192 valence electrons. The Morgan fingerprint density at radius 3 is 1.63 bits per heavy atom. The molecule has 3 nitrogen and oxygen atoms in total. The van der Waals surface area contributed by atoms with Crippen molar-refractivity contribution >= 4 is 49.1 Å². The van der Waals surface area contributed by atoms with Gasteiger partial charge in [0, 0.05) is 39.1 Å². The Bertz CT molecular complexity index is 2360. The van der Waals surface area contributed by atoms with Crippen molar-refractivity contribution < 1.29 is 0 Å². The molecule has 4 heterocycles. The Labute approximate surface area is 236 Å². The van der Waals surface area contributed by atoms with Crippen LogP contribution in [0.5, 0.6) is 0 Å². The van der Waals surface area contributed by atoms with Crippen LogP contribution in [-0.4, -0.2) is 13.5 Å². The molecule has 41 heavy (non-hydrogen) atoms. The molecule has 0 amide bonds. The third-order valence-electron chi connectivity index (χ3n) is 8.43. The highest BCUT2D eigenvalue weighted by molar-refractivity contribution is 6.21. The first-order chi connectivity index (χ1) is 20.4. The standard InChI is InChI=1S/C38H25N3/c1-2-13-26(14-3-1)37-36-31-19-6-9-22-34(31)41(38(36)35-23-10-11-24-39(35)37)28-16-12-15-27(25-28)40-32-20-7-4-17-29(32)30-18-5-8-21-33(30)40/h1-25H. The van der Waals surface area contributed by atoms with Gasteiger partial charge < -0.3 is 13.5 Å². The lowest BCUT2D eigenvalue weighted by molar-refractivity contribution is 1.13. The van der Waals surface area contributed by atoms with Gasteiger partial charge in [-0.1, -0.05) is 97.1 Å². The minimum atomic E-state index is 1.14. The molecule has 0 radical (unpaired) electrons. The average molecular weight is 524 g/mol. The largest absolute Gasteiger partial charge is 0.314 e. The van der Waals surface area contributed by atoms with Crippen molar-refractivity contribution in [1.82, 2.24) is 13.5 Å². The fraction of sp³-hybridized carbons (Fsp3) is 0. The molecular formula is C38H25N3. The van der Waals surface area contributed by atoms with Crippen LogP contribution in [0.15, 0.2) is 152 Å². The third-order valence-corrected chi connectivity index (χ3v) is 8.43. The number of fused-ring (bicyclic) bond motifs is 8. The average Bonchev–Trinajstić information content (AvgIpc) is 3.67. The first-order valence-corrected chi connectivity index (χ1v) is 14.0. The molecule has 0 aliphatic rings. The molecule has 0 unspecified atom stereocenters. The van der Waals surface area contributed by atoms with Gasteiger partial charge in [0.05, 0.1) is 33.3 Å². The van der Waals surface area contributed by atoms with E-state index in [0.717, 1.165) is 11.4 Å². The summed E-state index contributed by atoms with van der Waals surface area (Å²) < 4.78 is 7.19. The molecule has 0 aliphatic carbocycles. The maximum Gasteiger partial charge on any atom is 0.0803 e. The lowest BCUT2D eigenvalue weighted by Gasteiger charge is -2.13. The number of pyridine rings is 1. The molecule has 0 saturated carbocycles. The molecule has 0 aliphatic heterocycles. The predicted molar refractivity (Wildman–Crippen MR) is 172 cm³/mol. The molecule has 0 spiro atoms. The van der Waals surface area contributed by atoms with E-state index in [9.17, 15) is 0 Å². The van der Waals surface area contributed by atoms with Crippen LogP contribution in [0.2, 0.25) is 0 Å². The van der Waals surface area contributed by atoms with Crippen molar-refractivity contribution in [2.24, 2.45) is 0 Å². The van der Waals surface area contributed by atoms with Gasteiger partial charge in [0.1, 0.15) is 0 Å². The third kappa shape index (κ3) is 3.09. The fourth-order valence-corrected chi connectivity index (χ4v) is 6.79. The van der Waals surface area contributed by atoms with E-state index in [1.165, 1.54) is 60.4 Å². The highest BCUT2D eigenvalue weighted by Crippen LogP contribution is 2.42. The molecule has 9 rings (SSSR count). The summed E-state index contributed by atoms with van der Waals surface area (Å²) in [6.07, 6.45) is 2.19. The number of benzene rings is 5. The summed E-state index contributed by atoms with van der Waals surface area (Å²) in [6, 6.07) is 52.4. The van der Waals surface area contributed by atoms with Crippen LogP contribution in [0, 0.1) is 0 Å². The highest BCUT2D eigenvalue weighted by atomic mass is 15.0. The summed E-state index contributed by atoms with van der Waals surface area (Å²) in [4.78, 5) is 0. The Kier molecular flexibility index (Phi) is 4.61. The fourth-order valence-electron chi connectivity index (χ4n) is 6.79. The second-order valence-electron chi connectivity index (χ2n) is 10.6. The molecule has 3 heteroatoms. The Morgan fingerprint density at radius 2 is 0.927 bits per heavy atom. The normalized spacial score (nSPS) is 11.9. The van der Waals surface area contributed by atoms with E-state index in [1.54, 1.807) is 0 Å². The molecule has 0 saturated heterocycles. The van der Waals surface area contributed by atoms with Gasteiger partial charge in [0.15, 0.2) is 0 Å². The van der Waals surface area contributed by atoms with E-state index in [4.69, 9.17) is 0 Å². The highest BCUT2D eigenvalue weighted by Gasteiger charge is 2.22. The second kappa shape index (κ2) is 8.48. The number of rotatable bonds is 3. The van der Waals surface area contributed by atoms with Gasteiger partial charge in [-0.2, -0.15) is 0 Å². The van der Waals surface area contributed by atoms with Gasteiger partial charge in [0.2, 0.25) is 0 Å². The first-order valence-electron chi connectivity index (χ1n) is 14.0. The van der Waals surface area contributed by atoms with Crippen LogP contribution in [-0.2, 0) is 0 Å². The van der Waals surface area contributed by atoms with E-state index in [1.807, 2.05) is 0 Å². The predicted octanol–water partition coefficient (Wildman–Crippen LogP) is 9.80. The van der Waals surface area contributed by atoms with Gasteiger partial charge in [-0.25, -0.2) is 0 Å². The lowest BCUT2D eigenvalue weighted by atomic mass is 10.1. The topological polar surface area (TPSA) is 14.3 Å². The summed E-state index contributed by atoms with van der Waals surface area (Å²) in [5.41, 5.74) is 10.8. The molecular weight excluding hydrogens is 498 g/mol. The molecule has 9 aromatic rings. The Morgan fingerprint density at radius 1 is 0.390 bits per heavy atom. The zero-order valence-electron chi connectivity index (χ0n) is 22.3. The van der Waals surface area contributed by atoms with Gasteiger partial charge in [0.25, 0.3) is 0 Å². The number of hydrogen-bond acceptors (Lipinski definition) is 0. The van der Waals surface area contributed by atoms with Crippen molar-refractivity contribution in [3.8, 4) is 22.6 Å². The first kappa shape index (κ1) is 22.3. The maximum absolute atomic E-state index is 2.45. The number of hydrogen-bond donors (Lipinski definition) is 0. The van der Waals surface area contributed by atoms with Crippen LogP contribution in [0.4, 0.5) is 0 Å². The van der Waals surface area contributed by atoms with Crippen LogP contribution in [0.3, 0.4) is 0 Å². The lowest BCUT2D eigenvalue weighted by Crippen LogP contribution is -1.98. The zero-order chi connectivity index (χ0) is 26.9. The molecule has 0 N–H and O–H groups in total. The summed E-state index contributed by atoms with van der Waals surface area (Å²) in [5, 5.41) is 5.08. The van der Waals surface area contributed by atoms with Crippen LogP contribution >= 0.6 is 0 Å². The van der Waals surface area contributed by atoms with Crippen molar-refractivity contribution in [3.05, 3.63) is 152 Å². The SMILES string of the molecule is c1ccc(-c2c3c4ccccc4n(-c4cccc(-n5c6ccccc6c6ccccc65)c4)c3c3ccccn23)cc1. The van der Waals surface area contributed by atoms with E-state index in [0.29, 0.717) is 0 Å². The van der Waals surface area contributed by atoms with Gasteiger partial charge >= 0.3 is 0 Å². The van der Waals surface area contributed by atoms with Crippen molar-refractivity contribution in [2.75, 3.05) is 0 Å². The molecule has 0 fully saturated rings. The molecule has 0 atom stereocenters. The second-order valence-corrected chi connectivity index (χ2v) is 10.6. The Balaban J connectivity index is 1.40. The van der Waals surface area contributed by atoms with Gasteiger partial charge in [-0.3, -0.25) is 0 Å². The van der Waals surface area contributed by atoms with Crippen LogP contribution in [0.1, 0.15) is 0 Å². The van der Waals surface area contributed by atoms with Gasteiger partial charge in [-0.15, -0.1) is 0 Å². The van der Waals surface area contributed by atoms with Crippen molar-refractivity contribution in [2.45, 2.75) is 0 Å². The van der Waals surface area contributed by atoms with E-state index < -0.39 is 0 Å². The minimum absolute atomic E-state index is 1.14. The minimum Gasteiger partial charge on any atom is -0.314 e. The number of nitrogens with zero attached hydrogens (tertiary/aromatic N) is 3. The van der Waals surface area contributed by atoms with E-state index >= 15 is 0 Å². The number of aromatic nitrogens is 3. The zero-order valence-corrected chi connectivity index (χ0v) is 22.3. The molecule has 5 aromatic carbocycles. The van der Waals surface area contributed by atoms with Gasteiger partial charge in [-0.05, 0) is 54.1 Å². The van der Waals surface area contributed by atoms with Crippen LogP contribution < -0.4 is 0 Å². The van der Waals surface area contributed by atoms with E-state index in [-0.39, 0.29) is 0 Å².